The molecule has 1 fully saturated rings. The zero-order valence-electron chi connectivity index (χ0n) is 15.2. The van der Waals surface area contributed by atoms with Gasteiger partial charge in [0.25, 0.3) is 0 Å². The van der Waals surface area contributed by atoms with Gasteiger partial charge in [-0.25, -0.2) is 0 Å². The van der Waals surface area contributed by atoms with Crippen LogP contribution in [0.15, 0.2) is 30.3 Å². The van der Waals surface area contributed by atoms with E-state index in [-0.39, 0.29) is 12.1 Å². The van der Waals surface area contributed by atoms with E-state index >= 15 is 0 Å². The minimum absolute atomic E-state index is 0.0165. The van der Waals surface area contributed by atoms with Crippen molar-refractivity contribution in [2.24, 2.45) is 11.3 Å². The molecule has 0 N–H and O–H groups in total. The average Bonchev–Trinajstić information content (AvgIpc) is 3.00. The fourth-order valence-corrected chi connectivity index (χ4v) is 3.84. The van der Waals surface area contributed by atoms with Crippen LogP contribution in [0.25, 0.3) is 0 Å². The minimum atomic E-state index is -0.433. The smallest absolute Gasteiger partial charge is 0.311 e. The monoisotopic (exact) mass is 316 g/mol. The molecule has 1 aliphatic rings. The van der Waals surface area contributed by atoms with Gasteiger partial charge in [-0.2, -0.15) is 0 Å². The number of esters is 1. The van der Waals surface area contributed by atoms with Gasteiger partial charge in [0.05, 0.1) is 5.41 Å². The second kappa shape index (κ2) is 7.99. The van der Waals surface area contributed by atoms with Crippen LogP contribution in [-0.2, 0) is 9.53 Å². The van der Waals surface area contributed by atoms with Gasteiger partial charge in [-0.1, -0.05) is 44.2 Å². The van der Waals surface area contributed by atoms with E-state index in [0.717, 1.165) is 25.7 Å². The Morgan fingerprint density at radius 2 is 1.91 bits per heavy atom. The molecule has 2 heteroatoms. The molecule has 0 bridgehead atoms. The summed E-state index contributed by atoms with van der Waals surface area (Å²) < 4.78 is 5.92. The largest absolute Gasteiger partial charge is 0.462 e. The van der Waals surface area contributed by atoms with E-state index in [1.54, 1.807) is 0 Å². The van der Waals surface area contributed by atoms with Gasteiger partial charge in [0.15, 0.2) is 0 Å². The molecule has 0 amide bonds. The second-order valence-electron chi connectivity index (χ2n) is 7.65. The number of hydrogen-bond acceptors (Lipinski definition) is 2. The van der Waals surface area contributed by atoms with Gasteiger partial charge in [-0.3, -0.25) is 4.79 Å². The van der Waals surface area contributed by atoms with Crippen LogP contribution in [0.1, 0.15) is 77.7 Å². The van der Waals surface area contributed by atoms with E-state index in [4.69, 9.17) is 4.74 Å². The second-order valence-corrected chi connectivity index (χ2v) is 7.65. The summed E-state index contributed by atoms with van der Waals surface area (Å²) in [5.74, 6) is 0.951. The van der Waals surface area contributed by atoms with Crippen LogP contribution < -0.4 is 0 Å². The molecule has 0 radical (unpaired) electrons. The van der Waals surface area contributed by atoms with Crippen molar-refractivity contribution in [3.8, 4) is 0 Å². The molecule has 1 aromatic carbocycles. The first kappa shape index (κ1) is 18.0. The Balaban J connectivity index is 2.00. The first-order valence-corrected chi connectivity index (χ1v) is 9.24. The highest BCUT2D eigenvalue weighted by molar-refractivity contribution is 5.76. The fourth-order valence-electron chi connectivity index (χ4n) is 3.84. The number of carbonyl (C=O) groups is 1. The van der Waals surface area contributed by atoms with Crippen molar-refractivity contribution in [2.75, 3.05) is 0 Å². The maximum atomic E-state index is 12.7. The van der Waals surface area contributed by atoms with E-state index in [2.05, 4.69) is 38.1 Å². The van der Waals surface area contributed by atoms with Gasteiger partial charge >= 0.3 is 5.97 Å². The SMILES string of the molecule is CCC(CC(C)(C)C(=O)OC1CCCC1CC)c1ccccc1. The first-order chi connectivity index (χ1) is 11.0. The Labute approximate surface area is 141 Å². The lowest BCUT2D eigenvalue weighted by atomic mass is 9.79. The minimum Gasteiger partial charge on any atom is -0.462 e. The summed E-state index contributed by atoms with van der Waals surface area (Å²) in [7, 11) is 0. The lowest BCUT2D eigenvalue weighted by molar-refractivity contribution is -0.162. The molecule has 128 valence electrons. The van der Waals surface area contributed by atoms with Gasteiger partial charge in [-0.15, -0.1) is 0 Å². The predicted octanol–water partition coefficient (Wildman–Crippen LogP) is 5.72. The fraction of sp³-hybridized carbons (Fsp3) is 0.667. The van der Waals surface area contributed by atoms with E-state index in [1.807, 2.05) is 19.9 Å². The molecule has 1 aliphatic carbocycles. The molecule has 3 atom stereocenters. The summed E-state index contributed by atoms with van der Waals surface area (Å²) >= 11 is 0. The molecule has 2 rings (SSSR count). The number of benzene rings is 1. The molecule has 3 unspecified atom stereocenters. The molecule has 0 saturated heterocycles. The maximum absolute atomic E-state index is 12.7. The van der Waals surface area contributed by atoms with Gasteiger partial charge < -0.3 is 4.74 Å². The number of rotatable bonds is 7. The zero-order chi connectivity index (χ0) is 16.9. The van der Waals surface area contributed by atoms with Crippen molar-refractivity contribution < 1.29 is 9.53 Å². The van der Waals surface area contributed by atoms with Crippen LogP contribution in [0.2, 0.25) is 0 Å². The quantitative estimate of drug-likeness (QED) is 0.601. The Kier molecular flexibility index (Phi) is 6.26. The third kappa shape index (κ3) is 4.59. The number of ether oxygens (including phenoxy) is 1. The first-order valence-electron chi connectivity index (χ1n) is 9.24. The summed E-state index contributed by atoms with van der Waals surface area (Å²) in [6.07, 6.45) is 6.58. The summed E-state index contributed by atoms with van der Waals surface area (Å²) in [5.41, 5.74) is 0.889. The molecular weight excluding hydrogens is 284 g/mol. The van der Waals surface area contributed by atoms with Crippen LogP contribution in [-0.4, -0.2) is 12.1 Å². The topological polar surface area (TPSA) is 26.3 Å². The van der Waals surface area contributed by atoms with Crippen molar-refractivity contribution in [1.29, 1.82) is 0 Å². The van der Waals surface area contributed by atoms with Gasteiger partial charge in [0.1, 0.15) is 6.10 Å². The van der Waals surface area contributed by atoms with Crippen LogP contribution in [0, 0.1) is 11.3 Å². The van der Waals surface area contributed by atoms with Gasteiger partial charge in [-0.05, 0) is 69.8 Å². The van der Waals surface area contributed by atoms with E-state index in [1.165, 1.54) is 18.4 Å². The highest BCUT2D eigenvalue weighted by atomic mass is 16.5. The Morgan fingerprint density at radius 1 is 1.22 bits per heavy atom. The zero-order valence-corrected chi connectivity index (χ0v) is 15.2. The van der Waals surface area contributed by atoms with Crippen molar-refractivity contribution in [3.05, 3.63) is 35.9 Å². The van der Waals surface area contributed by atoms with E-state index < -0.39 is 5.41 Å². The van der Waals surface area contributed by atoms with Crippen molar-refractivity contribution in [3.63, 3.8) is 0 Å². The normalized spacial score (nSPS) is 22.8. The number of carbonyl (C=O) groups excluding carboxylic acids is 1. The van der Waals surface area contributed by atoms with E-state index in [9.17, 15) is 4.79 Å². The maximum Gasteiger partial charge on any atom is 0.311 e. The lowest BCUT2D eigenvalue weighted by Gasteiger charge is -2.30. The van der Waals surface area contributed by atoms with Crippen molar-refractivity contribution in [2.45, 2.75) is 78.2 Å². The summed E-state index contributed by atoms with van der Waals surface area (Å²) in [5, 5.41) is 0. The Bertz CT molecular complexity index is 492. The van der Waals surface area contributed by atoms with Crippen LogP contribution in [0.3, 0.4) is 0 Å². The Hall–Kier alpha value is -1.31. The summed E-state index contributed by atoms with van der Waals surface area (Å²) in [4.78, 5) is 12.7. The molecule has 0 spiro atoms. The summed E-state index contributed by atoms with van der Waals surface area (Å²) in [6.45, 7) is 8.47. The molecular formula is C21H32O2. The predicted molar refractivity (Wildman–Crippen MR) is 95.4 cm³/mol. The Morgan fingerprint density at radius 3 is 2.52 bits per heavy atom. The highest BCUT2D eigenvalue weighted by Crippen LogP contribution is 2.37. The van der Waals surface area contributed by atoms with Crippen LogP contribution in [0.4, 0.5) is 0 Å². The van der Waals surface area contributed by atoms with Crippen LogP contribution in [0.5, 0.6) is 0 Å². The third-order valence-corrected chi connectivity index (χ3v) is 5.45. The molecule has 1 saturated carbocycles. The van der Waals surface area contributed by atoms with Crippen molar-refractivity contribution in [1.82, 2.24) is 0 Å². The molecule has 1 aromatic rings. The molecule has 0 aliphatic heterocycles. The molecule has 0 aromatic heterocycles. The molecule has 23 heavy (non-hydrogen) atoms. The average molecular weight is 316 g/mol. The van der Waals surface area contributed by atoms with Crippen molar-refractivity contribution >= 4 is 5.97 Å². The van der Waals surface area contributed by atoms with Gasteiger partial charge in [0, 0.05) is 0 Å². The van der Waals surface area contributed by atoms with Crippen LogP contribution >= 0.6 is 0 Å². The molecule has 2 nitrogen and oxygen atoms in total. The molecule has 0 heterocycles. The van der Waals surface area contributed by atoms with Gasteiger partial charge in [0.2, 0.25) is 0 Å². The number of hydrogen-bond donors (Lipinski definition) is 0. The highest BCUT2D eigenvalue weighted by Gasteiger charge is 2.36. The third-order valence-electron chi connectivity index (χ3n) is 5.45. The summed E-state index contributed by atoms with van der Waals surface area (Å²) in [6, 6.07) is 10.5. The lowest BCUT2D eigenvalue weighted by Crippen LogP contribution is -2.33. The van der Waals surface area contributed by atoms with E-state index in [0.29, 0.717) is 11.8 Å². The standard InChI is InChI=1S/C21H32O2/c1-5-16-13-10-14-19(16)23-20(22)21(3,4)15-17(6-2)18-11-8-7-9-12-18/h7-9,11-12,16-17,19H,5-6,10,13-15H2,1-4H3.